The number of aliphatic hydroxyl groups excluding tert-OH is 1. The Labute approximate surface area is 79.7 Å². The van der Waals surface area contributed by atoms with Gasteiger partial charge < -0.3 is 15.7 Å². The molecule has 3 N–H and O–H groups in total. The van der Waals surface area contributed by atoms with Gasteiger partial charge in [0.25, 0.3) is 0 Å². The molecule has 0 spiro atoms. The summed E-state index contributed by atoms with van der Waals surface area (Å²) in [6, 6.07) is -0.101. The van der Waals surface area contributed by atoms with Crippen molar-refractivity contribution in [1.29, 1.82) is 0 Å². The number of carbonyl (C=O) groups excluding carboxylic acids is 1. The van der Waals surface area contributed by atoms with Gasteiger partial charge in [0.05, 0.1) is 19.2 Å². The molecule has 0 unspecified atom stereocenters. The standard InChI is InChI=1S/C9H20N2O2/c1-3-5-10-6-9(13)11-8(4-2)7-12/h8,10,12H,3-7H2,1-2H3,(H,11,13)/t8-/m1/s1. The topological polar surface area (TPSA) is 61.4 Å². The minimum absolute atomic E-state index is 0.00994. The normalized spacial score (nSPS) is 12.5. The highest BCUT2D eigenvalue weighted by Gasteiger charge is 2.07. The van der Waals surface area contributed by atoms with Gasteiger partial charge >= 0.3 is 0 Å². The van der Waals surface area contributed by atoms with Crippen molar-refractivity contribution in [1.82, 2.24) is 10.6 Å². The van der Waals surface area contributed by atoms with Gasteiger partial charge in [0.2, 0.25) is 5.91 Å². The average molecular weight is 188 g/mol. The molecule has 0 saturated carbocycles. The molecule has 0 aliphatic carbocycles. The molecule has 78 valence electrons. The summed E-state index contributed by atoms with van der Waals surface area (Å²) in [5.41, 5.74) is 0. The molecule has 4 nitrogen and oxygen atoms in total. The smallest absolute Gasteiger partial charge is 0.234 e. The van der Waals surface area contributed by atoms with E-state index in [0.29, 0.717) is 6.54 Å². The Bertz CT molecular complexity index is 136. The first-order chi connectivity index (χ1) is 6.24. The van der Waals surface area contributed by atoms with Crippen molar-refractivity contribution in [3.05, 3.63) is 0 Å². The van der Waals surface area contributed by atoms with Gasteiger partial charge in [0, 0.05) is 0 Å². The van der Waals surface area contributed by atoms with E-state index < -0.39 is 0 Å². The first kappa shape index (κ1) is 12.4. The van der Waals surface area contributed by atoms with Gasteiger partial charge in [-0.1, -0.05) is 13.8 Å². The van der Waals surface area contributed by atoms with Gasteiger partial charge in [0.15, 0.2) is 0 Å². The molecule has 13 heavy (non-hydrogen) atoms. The molecular weight excluding hydrogens is 168 g/mol. The van der Waals surface area contributed by atoms with E-state index >= 15 is 0 Å². The second-order valence-corrected chi connectivity index (χ2v) is 3.03. The molecule has 4 heteroatoms. The van der Waals surface area contributed by atoms with Gasteiger partial charge in [-0.3, -0.25) is 4.79 Å². The molecule has 0 aliphatic heterocycles. The van der Waals surface area contributed by atoms with E-state index in [1.807, 2.05) is 13.8 Å². The lowest BCUT2D eigenvalue weighted by atomic mass is 10.2. The van der Waals surface area contributed by atoms with Crippen molar-refractivity contribution in [2.75, 3.05) is 19.7 Å². The quantitative estimate of drug-likeness (QED) is 0.488. The van der Waals surface area contributed by atoms with Crippen LogP contribution in [0.1, 0.15) is 26.7 Å². The first-order valence-corrected chi connectivity index (χ1v) is 4.85. The van der Waals surface area contributed by atoms with Gasteiger partial charge in [-0.25, -0.2) is 0 Å². The maximum absolute atomic E-state index is 11.2. The third-order valence-electron chi connectivity index (χ3n) is 1.79. The number of carbonyl (C=O) groups is 1. The fourth-order valence-electron chi connectivity index (χ4n) is 0.934. The molecule has 0 aromatic rings. The lowest BCUT2D eigenvalue weighted by Gasteiger charge is -2.13. The predicted molar refractivity (Wildman–Crippen MR) is 52.5 cm³/mol. The Balaban J connectivity index is 3.48. The Hall–Kier alpha value is -0.610. The number of nitrogens with one attached hydrogen (secondary N) is 2. The predicted octanol–water partition coefficient (Wildman–Crippen LogP) is -0.127. The number of aliphatic hydroxyl groups is 1. The van der Waals surface area contributed by atoms with Gasteiger partial charge in [-0.2, -0.15) is 0 Å². The van der Waals surface area contributed by atoms with Gasteiger partial charge in [-0.05, 0) is 19.4 Å². The molecule has 1 amide bonds. The monoisotopic (exact) mass is 188 g/mol. The van der Waals surface area contributed by atoms with Crippen LogP contribution in [0.5, 0.6) is 0 Å². The van der Waals surface area contributed by atoms with E-state index in [1.165, 1.54) is 0 Å². The minimum Gasteiger partial charge on any atom is -0.394 e. The van der Waals surface area contributed by atoms with Crippen LogP contribution in [0.15, 0.2) is 0 Å². The minimum atomic E-state index is -0.101. The molecule has 0 aromatic heterocycles. The fraction of sp³-hybridized carbons (Fsp3) is 0.889. The van der Waals surface area contributed by atoms with Gasteiger partial charge in [-0.15, -0.1) is 0 Å². The van der Waals surface area contributed by atoms with E-state index in [0.717, 1.165) is 19.4 Å². The number of rotatable bonds is 7. The van der Waals surface area contributed by atoms with Crippen molar-refractivity contribution in [3.8, 4) is 0 Å². The summed E-state index contributed by atoms with van der Waals surface area (Å²) >= 11 is 0. The Kier molecular flexibility index (Phi) is 7.63. The summed E-state index contributed by atoms with van der Waals surface area (Å²) in [4.78, 5) is 11.2. The zero-order chi connectivity index (χ0) is 10.1. The number of hydrogen-bond acceptors (Lipinski definition) is 3. The third kappa shape index (κ3) is 6.54. The number of hydrogen-bond donors (Lipinski definition) is 3. The van der Waals surface area contributed by atoms with Crippen molar-refractivity contribution in [2.45, 2.75) is 32.7 Å². The molecule has 0 aliphatic rings. The van der Waals surface area contributed by atoms with Crippen molar-refractivity contribution in [2.24, 2.45) is 0 Å². The summed E-state index contributed by atoms with van der Waals surface area (Å²) in [7, 11) is 0. The maximum Gasteiger partial charge on any atom is 0.234 e. The summed E-state index contributed by atoms with van der Waals surface area (Å²) in [6.45, 7) is 5.18. The lowest BCUT2D eigenvalue weighted by molar-refractivity contribution is -0.121. The highest BCUT2D eigenvalue weighted by Crippen LogP contribution is 1.87. The van der Waals surface area contributed by atoms with E-state index in [-0.39, 0.29) is 18.6 Å². The van der Waals surface area contributed by atoms with E-state index in [4.69, 9.17) is 5.11 Å². The summed E-state index contributed by atoms with van der Waals surface area (Å²) in [5, 5.41) is 14.5. The SMILES string of the molecule is CCCNCC(=O)N[C@H](CC)CO. The highest BCUT2D eigenvalue weighted by molar-refractivity contribution is 5.78. The van der Waals surface area contributed by atoms with E-state index in [1.54, 1.807) is 0 Å². The fourth-order valence-corrected chi connectivity index (χ4v) is 0.934. The van der Waals surface area contributed by atoms with Gasteiger partial charge in [0.1, 0.15) is 0 Å². The Morgan fingerprint density at radius 3 is 2.62 bits per heavy atom. The molecule has 0 heterocycles. The van der Waals surface area contributed by atoms with Crippen LogP contribution >= 0.6 is 0 Å². The van der Waals surface area contributed by atoms with Crippen LogP contribution in [0, 0.1) is 0 Å². The summed E-state index contributed by atoms with van der Waals surface area (Å²) in [6.07, 6.45) is 1.78. The van der Waals surface area contributed by atoms with Crippen LogP contribution in [0.4, 0.5) is 0 Å². The Morgan fingerprint density at radius 2 is 2.15 bits per heavy atom. The maximum atomic E-state index is 11.2. The molecule has 0 aromatic carbocycles. The van der Waals surface area contributed by atoms with Crippen LogP contribution in [0.2, 0.25) is 0 Å². The zero-order valence-corrected chi connectivity index (χ0v) is 8.47. The number of amides is 1. The zero-order valence-electron chi connectivity index (χ0n) is 8.47. The molecule has 0 radical (unpaired) electrons. The van der Waals surface area contributed by atoms with E-state index in [9.17, 15) is 4.79 Å². The third-order valence-corrected chi connectivity index (χ3v) is 1.79. The summed E-state index contributed by atoms with van der Waals surface area (Å²) < 4.78 is 0. The first-order valence-electron chi connectivity index (χ1n) is 4.85. The van der Waals surface area contributed by atoms with Crippen LogP contribution < -0.4 is 10.6 Å². The van der Waals surface area contributed by atoms with E-state index in [2.05, 4.69) is 10.6 Å². The molecule has 0 bridgehead atoms. The average Bonchev–Trinajstić information content (AvgIpc) is 2.14. The second kappa shape index (κ2) is 8.01. The van der Waals surface area contributed by atoms with Crippen LogP contribution in [-0.2, 0) is 4.79 Å². The molecule has 0 fully saturated rings. The largest absolute Gasteiger partial charge is 0.394 e. The van der Waals surface area contributed by atoms with Crippen LogP contribution in [0.3, 0.4) is 0 Å². The lowest BCUT2D eigenvalue weighted by Crippen LogP contribution is -2.42. The highest BCUT2D eigenvalue weighted by atomic mass is 16.3. The van der Waals surface area contributed by atoms with Crippen LogP contribution in [0.25, 0.3) is 0 Å². The van der Waals surface area contributed by atoms with Crippen molar-refractivity contribution in [3.63, 3.8) is 0 Å². The second-order valence-electron chi connectivity index (χ2n) is 3.03. The Morgan fingerprint density at radius 1 is 1.46 bits per heavy atom. The molecule has 1 atom stereocenters. The molecule has 0 saturated heterocycles. The van der Waals surface area contributed by atoms with Crippen LogP contribution in [-0.4, -0.2) is 36.8 Å². The molecular formula is C9H20N2O2. The van der Waals surface area contributed by atoms with Crippen molar-refractivity contribution >= 4 is 5.91 Å². The summed E-state index contributed by atoms with van der Waals surface area (Å²) in [5.74, 6) is -0.0469. The molecule has 0 rings (SSSR count). The van der Waals surface area contributed by atoms with Crippen molar-refractivity contribution < 1.29 is 9.90 Å².